The predicted octanol–water partition coefficient (Wildman–Crippen LogP) is 0.249. The highest BCUT2D eigenvalue weighted by molar-refractivity contribution is 6.43. The van der Waals surface area contributed by atoms with Gasteiger partial charge >= 0.3 is 0 Å². The molecule has 4 N–H and O–H groups in total. The minimum atomic E-state index is 0.233. The summed E-state index contributed by atoms with van der Waals surface area (Å²) in [5, 5.41) is 5.72. The highest BCUT2D eigenvalue weighted by Crippen LogP contribution is 2.04. The summed E-state index contributed by atoms with van der Waals surface area (Å²) < 4.78 is 0. The molecular weight excluding hydrogens is 164 g/mol. The molecule has 0 heterocycles. The Balaban J connectivity index is 4.50. The van der Waals surface area contributed by atoms with E-state index in [1.54, 1.807) is 26.0 Å². The Labute approximate surface area is 71.5 Å². The van der Waals surface area contributed by atoms with Crippen molar-refractivity contribution in [2.75, 3.05) is 14.1 Å². The lowest BCUT2D eigenvalue weighted by atomic mass is 10.4. The largest absolute Gasteiger partial charge is 0.401 e. The van der Waals surface area contributed by atoms with E-state index in [2.05, 4.69) is 5.10 Å². The second kappa shape index (κ2) is 4.08. The number of hydrogen-bond donors (Lipinski definition) is 2. The zero-order chi connectivity index (χ0) is 9.02. The molecule has 0 atom stereocenters. The highest BCUT2D eigenvalue weighted by atomic mass is 35.5. The lowest BCUT2D eigenvalue weighted by Crippen LogP contribution is -2.19. The Morgan fingerprint density at radius 2 is 1.82 bits per heavy atom. The molecule has 0 aliphatic rings. The van der Waals surface area contributed by atoms with E-state index >= 15 is 0 Å². The molecule has 11 heavy (non-hydrogen) atoms. The first-order chi connectivity index (χ1) is 4.95. The number of rotatable bonds is 2. The van der Waals surface area contributed by atoms with Gasteiger partial charge in [0, 0.05) is 19.8 Å². The van der Waals surface area contributed by atoms with Gasteiger partial charge in [-0.25, -0.2) is 0 Å². The van der Waals surface area contributed by atoms with Crippen LogP contribution in [0, 0.1) is 0 Å². The van der Waals surface area contributed by atoms with Gasteiger partial charge in [-0.15, -0.1) is 0 Å². The number of hydrogen-bond acceptors (Lipinski definition) is 3. The second-order valence-electron chi connectivity index (χ2n) is 2.33. The molecule has 0 aromatic carbocycles. The van der Waals surface area contributed by atoms with Crippen LogP contribution in [0.3, 0.4) is 0 Å². The number of allylic oxidation sites excluding steroid dienone is 1. The molecule has 0 rings (SSSR count). The quantitative estimate of drug-likeness (QED) is 0.360. The summed E-state index contributed by atoms with van der Waals surface area (Å²) in [6.07, 6.45) is 0. The van der Waals surface area contributed by atoms with Crippen molar-refractivity contribution >= 4 is 17.4 Å². The van der Waals surface area contributed by atoms with Gasteiger partial charge in [-0.1, -0.05) is 11.6 Å². The molecule has 0 bridgehead atoms. The van der Waals surface area contributed by atoms with Gasteiger partial charge in [-0.05, 0) is 6.92 Å². The maximum Gasteiger partial charge on any atom is 0.164 e. The summed E-state index contributed by atoms with van der Waals surface area (Å²) in [5.41, 5.74) is 11.3. The SMILES string of the molecule is CC(N)=C(Cl)C(N)=NN(C)C. The molecule has 64 valence electrons. The molecule has 0 radical (unpaired) electrons. The molecule has 0 saturated carbocycles. The lowest BCUT2D eigenvalue weighted by Gasteiger charge is -2.06. The van der Waals surface area contributed by atoms with Gasteiger partial charge in [0.1, 0.15) is 5.03 Å². The number of hydrazone groups is 1. The summed E-state index contributed by atoms with van der Waals surface area (Å²) in [6, 6.07) is 0. The Hall–Kier alpha value is -0.900. The molecular formula is C6H13ClN4. The Morgan fingerprint density at radius 1 is 1.36 bits per heavy atom. The Bertz CT molecular complexity index is 191. The van der Waals surface area contributed by atoms with E-state index in [9.17, 15) is 0 Å². The van der Waals surface area contributed by atoms with Crippen LogP contribution < -0.4 is 11.5 Å². The monoisotopic (exact) mass is 176 g/mol. The minimum Gasteiger partial charge on any atom is -0.401 e. The van der Waals surface area contributed by atoms with Crippen LogP contribution >= 0.6 is 11.6 Å². The van der Waals surface area contributed by atoms with E-state index in [4.69, 9.17) is 23.1 Å². The Kier molecular flexibility index (Phi) is 3.74. The van der Waals surface area contributed by atoms with Crippen LogP contribution in [0.5, 0.6) is 0 Å². The van der Waals surface area contributed by atoms with Crippen molar-refractivity contribution in [3.05, 3.63) is 10.7 Å². The van der Waals surface area contributed by atoms with Crippen LogP contribution in [0.1, 0.15) is 6.92 Å². The van der Waals surface area contributed by atoms with Crippen molar-refractivity contribution in [3.8, 4) is 0 Å². The first-order valence-electron chi connectivity index (χ1n) is 3.08. The average molecular weight is 177 g/mol. The third-order valence-corrected chi connectivity index (χ3v) is 1.37. The molecule has 0 unspecified atom stereocenters. The molecule has 4 nitrogen and oxygen atoms in total. The molecule has 0 aromatic rings. The third kappa shape index (κ3) is 3.72. The molecule has 0 saturated heterocycles. The molecule has 0 aliphatic heterocycles. The van der Waals surface area contributed by atoms with Crippen LogP contribution in [0.15, 0.2) is 15.8 Å². The van der Waals surface area contributed by atoms with Gasteiger partial charge in [0.15, 0.2) is 5.84 Å². The predicted molar refractivity (Wildman–Crippen MR) is 48.0 cm³/mol. The summed E-state index contributed by atoms with van der Waals surface area (Å²) in [6.45, 7) is 1.67. The standard InChI is InChI=1S/C6H13ClN4/c1-4(8)5(7)6(9)10-11(2)3/h8H2,1-3H3,(H2,9,10). The van der Waals surface area contributed by atoms with E-state index in [0.717, 1.165) is 0 Å². The fourth-order valence-electron chi connectivity index (χ4n) is 0.461. The number of nitrogens with two attached hydrogens (primary N) is 2. The molecule has 0 aromatic heterocycles. The maximum absolute atomic E-state index is 5.68. The minimum absolute atomic E-state index is 0.233. The van der Waals surface area contributed by atoms with Gasteiger partial charge < -0.3 is 16.5 Å². The summed E-state index contributed by atoms with van der Waals surface area (Å²) in [7, 11) is 3.51. The van der Waals surface area contributed by atoms with Crippen molar-refractivity contribution in [1.82, 2.24) is 5.01 Å². The molecule has 0 fully saturated rings. The zero-order valence-electron chi connectivity index (χ0n) is 6.93. The maximum atomic E-state index is 5.68. The van der Waals surface area contributed by atoms with Crippen LogP contribution in [-0.4, -0.2) is 24.9 Å². The number of halogens is 1. The van der Waals surface area contributed by atoms with Crippen LogP contribution in [0.25, 0.3) is 0 Å². The fraction of sp³-hybridized carbons (Fsp3) is 0.500. The Morgan fingerprint density at radius 3 is 2.09 bits per heavy atom. The van der Waals surface area contributed by atoms with Gasteiger partial charge in [-0.2, -0.15) is 5.10 Å². The highest BCUT2D eigenvalue weighted by Gasteiger charge is 2.01. The van der Waals surface area contributed by atoms with Crippen molar-refractivity contribution < 1.29 is 0 Å². The summed E-state index contributed by atoms with van der Waals surface area (Å²) >= 11 is 5.68. The summed E-state index contributed by atoms with van der Waals surface area (Å²) in [5.74, 6) is 0.233. The van der Waals surface area contributed by atoms with Crippen LogP contribution in [-0.2, 0) is 0 Å². The first-order valence-corrected chi connectivity index (χ1v) is 3.46. The van der Waals surface area contributed by atoms with E-state index in [1.165, 1.54) is 0 Å². The van der Waals surface area contributed by atoms with Gasteiger partial charge in [0.25, 0.3) is 0 Å². The fourth-order valence-corrected chi connectivity index (χ4v) is 0.499. The second-order valence-corrected chi connectivity index (χ2v) is 2.71. The first kappa shape index (κ1) is 10.1. The smallest absolute Gasteiger partial charge is 0.164 e. The summed E-state index contributed by atoms with van der Waals surface area (Å²) in [4.78, 5) is 0. The zero-order valence-corrected chi connectivity index (χ0v) is 7.68. The van der Waals surface area contributed by atoms with Crippen molar-refractivity contribution in [2.24, 2.45) is 16.6 Å². The van der Waals surface area contributed by atoms with Gasteiger partial charge in [-0.3, -0.25) is 0 Å². The van der Waals surface area contributed by atoms with E-state index in [-0.39, 0.29) is 5.84 Å². The number of nitrogens with zero attached hydrogens (tertiary/aromatic N) is 2. The van der Waals surface area contributed by atoms with E-state index in [1.807, 2.05) is 0 Å². The normalized spacial score (nSPS) is 14.4. The van der Waals surface area contributed by atoms with Crippen molar-refractivity contribution in [1.29, 1.82) is 0 Å². The van der Waals surface area contributed by atoms with Crippen LogP contribution in [0.2, 0.25) is 0 Å². The van der Waals surface area contributed by atoms with Crippen molar-refractivity contribution in [2.45, 2.75) is 6.92 Å². The topological polar surface area (TPSA) is 67.6 Å². The molecule has 0 aliphatic carbocycles. The molecule has 0 amide bonds. The molecule has 0 spiro atoms. The van der Waals surface area contributed by atoms with Gasteiger partial charge in [0.05, 0.1) is 0 Å². The van der Waals surface area contributed by atoms with Gasteiger partial charge in [0.2, 0.25) is 0 Å². The van der Waals surface area contributed by atoms with Crippen molar-refractivity contribution in [3.63, 3.8) is 0 Å². The average Bonchev–Trinajstić information content (AvgIpc) is 1.84. The lowest BCUT2D eigenvalue weighted by molar-refractivity contribution is 0.437. The number of amidine groups is 1. The third-order valence-electron chi connectivity index (χ3n) is 0.879. The molecule has 5 heteroatoms. The van der Waals surface area contributed by atoms with E-state index in [0.29, 0.717) is 10.7 Å². The van der Waals surface area contributed by atoms with E-state index < -0.39 is 0 Å². The van der Waals surface area contributed by atoms with Crippen LogP contribution in [0.4, 0.5) is 0 Å².